The van der Waals surface area contributed by atoms with Crippen molar-refractivity contribution < 1.29 is 18.3 Å². The van der Waals surface area contributed by atoms with Gasteiger partial charge in [-0.05, 0) is 19.8 Å². The number of aromatic nitrogens is 3. The first-order valence-electron chi connectivity index (χ1n) is 7.60. The fraction of sp³-hybridized carbons (Fsp3) is 0.312. The Morgan fingerprint density at radius 2 is 2.17 bits per heavy atom. The fourth-order valence-electron chi connectivity index (χ4n) is 2.94. The van der Waals surface area contributed by atoms with Crippen molar-refractivity contribution in [2.45, 2.75) is 25.8 Å². The Balaban J connectivity index is 2.20. The molecular formula is C16H13F2N3O3. The van der Waals surface area contributed by atoms with Crippen LogP contribution in [0.2, 0.25) is 0 Å². The van der Waals surface area contributed by atoms with Crippen molar-refractivity contribution in [2.75, 3.05) is 6.61 Å². The molecule has 4 rings (SSSR count). The lowest BCUT2D eigenvalue weighted by molar-refractivity contribution is 0.0524. The number of hydrogen-bond acceptors (Lipinski definition) is 4. The van der Waals surface area contributed by atoms with Gasteiger partial charge < -0.3 is 14.3 Å². The molecule has 1 fully saturated rings. The number of fused-ring (bicyclic) bond motifs is 3. The van der Waals surface area contributed by atoms with Gasteiger partial charge in [-0.25, -0.2) is 18.6 Å². The number of H-pyrrole nitrogens is 1. The Morgan fingerprint density at radius 1 is 1.42 bits per heavy atom. The number of halogens is 2. The van der Waals surface area contributed by atoms with Gasteiger partial charge in [0.25, 0.3) is 0 Å². The van der Waals surface area contributed by atoms with Crippen LogP contribution in [0.4, 0.5) is 8.78 Å². The van der Waals surface area contributed by atoms with Gasteiger partial charge in [0.15, 0.2) is 11.6 Å². The van der Waals surface area contributed by atoms with Crippen LogP contribution >= 0.6 is 0 Å². The molecule has 0 radical (unpaired) electrons. The molecule has 1 saturated carbocycles. The minimum atomic E-state index is -1.14. The Hall–Kier alpha value is -2.77. The van der Waals surface area contributed by atoms with Crippen molar-refractivity contribution in [2.24, 2.45) is 0 Å². The van der Waals surface area contributed by atoms with Crippen LogP contribution in [0.25, 0.3) is 21.9 Å². The molecule has 0 saturated heterocycles. The van der Waals surface area contributed by atoms with Gasteiger partial charge in [0.2, 0.25) is 5.43 Å². The number of nitrogens with one attached hydrogen (secondary N) is 1. The third kappa shape index (κ3) is 1.95. The van der Waals surface area contributed by atoms with E-state index in [1.807, 2.05) is 0 Å². The van der Waals surface area contributed by atoms with Crippen molar-refractivity contribution in [1.29, 1.82) is 0 Å². The summed E-state index contributed by atoms with van der Waals surface area (Å²) in [7, 11) is 0. The maximum atomic E-state index is 14.6. The van der Waals surface area contributed by atoms with Crippen LogP contribution in [0.5, 0.6) is 0 Å². The van der Waals surface area contributed by atoms with Gasteiger partial charge in [0.1, 0.15) is 11.1 Å². The van der Waals surface area contributed by atoms with E-state index in [0.717, 1.165) is 12.8 Å². The molecule has 24 heavy (non-hydrogen) atoms. The molecule has 1 aliphatic rings. The number of carbonyl (C=O) groups excluding carboxylic acids is 1. The number of hydrogen-bond donors (Lipinski definition) is 1. The molecule has 2 aromatic heterocycles. The lowest BCUT2D eigenvalue weighted by Gasteiger charge is -2.14. The molecule has 2 heterocycles. The zero-order valence-corrected chi connectivity index (χ0v) is 12.7. The highest BCUT2D eigenvalue weighted by molar-refractivity contribution is 6.05. The van der Waals surface area contributed by atoms with Crippen LogP contribution in [-0.2, 0) is 4.74 Å². The first kappa shape index (κ1) is 14.8. The van der Waals surface area contributed by atoms with Gasteiger partial charge in [-0.1, -0.05) is 0 Å². The third-order valence-electron chi connectivity index (χ3n) is 4.17. The molecule has 8 heteroatoms. The van der Waals surface area contributed by atoms with Gasteiger partial charge in [-0.2, -0.15) is 0 Å². The van der Waals surface area contributed by atoms with E-state index in [9.17, 15) is 18.4 Å². The third-order valence-corrected chi connectivity index (χ3v) is 4.17. The smallest absolute Gasteiger partial charge is 0.343 e. The minimum Gasteiger partial charge on any atom is -0.462 e. The van der Waals surface area contributed by atoms with E-state index in [2.05, 4.69) is 9.97 Å². The van der Waals surface area contributed by atoms with Crippen molar-refractivity contribution in [3.05, 3.63) is 39.9 Å². The highest BCUT2D eigenvalue weighted by Gasteiger charge is 2.31. The molecule has 0 spiro atoms. The largest absolute Gasteiger partial charge is 0.462 e. The van der Waals surface area contributed by atoms with Gasteiger partial charge in [-0.3, -0.25) is 4.79 Å². The molecular weight excluding hydrogens is 320 g/mol. The molecule has 0 unspecified atom stereocenters. The van der Waals surface area contributed by atoms with E-state index in [1.165, 1.54) is 17.1 Å². The number of nitrogens with zero attached hydrogens (tertiary/aromatic N) is 2. The number of ether oxygens (including phenoxy) is 1. The number of esters is 1. The summed E-state index contributed by atoms with van der Waals surface area (Å²) < 4.78 is 35.3. The van der Waals surface area contributed by atoms with Crippen molar-refractivity contribution in [3.8, 4) is 0 Å². The summed E-state index contributed by atoms with van der Waals surface area (Å²) in [5.74, 6) is -3.03. The Labute approximate surface area is 134 Å². The fourth-order valence-corrected chi connectivity index (χ4v) is 2.94. The Kier molecular flexibility index (Phi) is 3.16. The topological polar surface area (TPSA) is 77.0 Å². The average Bonchev–Trinajstić information content (AvgIpc) is 3.29. The van der Waals surface area contributed by atoms with E-state index < -0.39 is 23.0 Å². The standard InChI is InChI=1S/C16H13F2N3O3/c1-2-24-16(23)8-5-21(7-3-4-7)14-9(15(8)22)12-13(20-6-19-12)10(17)11(14)18/h5-7H,2-4H2,1H3,(H,19,20). The normalized spacial score (nSPS) is 14.5. The molecule has 124 valence electrons. The summed E-state index contributed by atoms with van der Waals surface area (Å²) >= 11 is 0. The number of carbonyl (C=O) groups is 1. The lowest BCUT2D eigenvalue weighted by atomic mass is 10.1. The predicted molar refractivity (Wildman–Crippen MR) is 82.0 cm³/mol. The summed E-state index contributed by atoms with van der Waals surface area (Å²) in [4.78, 5) is 31.3. The number of imidazole rings is 1. The maximum Gasteiger partial charge on any atom is 0.343 e. The van der Waals surface area contributed by atoms with Crippen LogP contribution < -0.4 is 5.43 Å². The SMILES string of the molecule is CCOC(=O)c1cn(C2CC2)c2c(F)c(F)c3nc[nH]c3c2c1=O. The lowest BCUT2D eigenvalue weighted by Crippen LogP contribution is -2.22. The first-order chi connectivity index (χ1) is 11.5. The first-order valence-corrected chi connectivity index (χ1v) is 7.60. The van der Waals surface area contributed by atoms with Gasteiger partial charge in [-0.15, -0.1) is 0 Å². The molecule has 0 amide bonds. The summed E-state index contributed by atoms with van der Waals surface area (Å²) in [6, 6.07) is -0.0736. The molecule has 1 N–H and O–H groups in total. The van der Waals surface area contributed by atoms with Crippen molar-refractivity contribution >= 4 is 27.9 Å². The second-order valence-electron chi connectivity index (χ2n) is 5.71. The highest BCUT2D eigenvalue weighted by Crippen LogP contribution is 2.39. The number of benzene rings is 1. The van der Waals surface area contributed by atoms with Crippen LogP contribution in [-0.4, -0.2) is 27.1 Å². The highest BCUT2D eigenvalue weighted by atomic mass is 19.2. The molecule has 1 aromatic carbocycles. The molecule has 1 aliphatic carbocycles. The van der Waals surface area contributed by atoms with Crippen molar-refractivity contribution in [1.82, 2.24) is 14.5 Å². The zero-order chi connectivity index (χ0) is 17.0. The second kappa shape index (κ2) is 5.12. The van der Waals surface area contributed by atoms with Crippen LogP contribution in [0, 0.1) is 11.6 Å². The van der Waals surface area contributed by atoms with E-state index in [4.69, 9.17) is 4.74 Å². The summed E-state index contributed by atoms with van der Waals surface area (Å²) in [6.07, 6.45) is 3.99. The Bertz CT molecular complexity index is 1050. The maximum absolute atomic E-state index is 14.6. The molecule has 0 aliphatic heterocycles. The van der Waals surface area contributed by atoms with Gasteiger partial charge in [0, 0.05) is 12.2 Å². The summed E-state index contributed by atoms with van der Waals surface area (Å²) in [5.41, 5.74) is -1.23. The second-order valence-corrected chi connectivity index (χ2v) is 5.71. The van der Waals surface area contributed by atoms with Crippen LogP contribution in [0.1, 0.15) is 36.2 Å². The number of pyridine rings is 1. The average molecular weight is 333 g/mol. The summed E-state index contributed by atoms with van der Waals surface area (Å²) in [6.45, 7) is 1.73. The molecule has 0 atom stereocenters. The number of aromatic amines is 1. The minimum absolute atomic E-state index is 0.0736. The summed E-state index contributed by atoms with van der Waals surface area (Å²) in [5, 5.41) is -0.0844. The van der Waals surface area contributed by atoms with E-state index in [1.54, 1.807) is 6.92 Å². The van der Waals surface area contributed by atoms with Gasteiger partial charge in [0.05, 0.1) is 29.4 Å². The predicted octanol–water partition coefficient (Wildman–Crippen LogP) is 2.67. The quantitative estimate of drug-likeness (QED) is 0.748. The van der Waals surface area contributed by atoms with Crippen molar-refractivity contribution in [3.63, 3.8) is 0 Å². The van der Waals surface area contributed by atoms with E-state index in [0.29, 0.717) is 0 Å². The monoisotopic (exact) mass is 333 g/mol. The van der Waals surface area contributed by atoms with Crippen LogP contribution in [0.15, 0.2) is 17.3 Å². The number of rotatable bonds is 3. The van der Waals surface area contributed by atoms with E-state index >= 15 is 0 Å². The van der Waals surface area contributed by atoms with E-state index in [-0.39, 0.29) is 40.1 Å². The zero-order valence-electron chi connectivity index (χ0n) is 12.7. The molecule has 6 nitrogen and oxygen atoms in total. The molecule has 0 bridgehead atoms. The Morgan fingerprint density at radius 3 is 2.83 bits per heavy atom. The van der Waals surface area contributed by atoms with Crippen LogP contribution in [0.3, 0.4) is 0 Å². The van der Waals surface area contributed by atoms with Gasteiger partial charge >= 0.3 is 5.97 Å². The molecule has 3 aromatic rings.